The zero-order valence-electron chi connectivity index (χ0n) is 14.9. The van der Waals surface area contributed by atoms with E-state index in [1.54, 1.807) is 28.0 Å². The first-order valence-corrected chi connectivity index (χ1v) is 9.62. The summed E-state index contributed by atoms with van der Waals surface area (Å²) in [5, 5.41) is 13.9. The minimum absolute atomic E-state index is 0.00369. The summed E-state index contributed by atoms with van der Waals surface area (Å²) in [6, 6.07) is 9.41. The van der Waals surface area contributed by atoms with Crippen LogP contribution < -0.4 is 0 Å². The molecule has 0 N–H and O–H groups in total. The number of halogens is 1. The van der Waals surface area contributed by atoms with Crippen molar-refractivity contribution in [2.45, 2.75) is 6.54 Å². The molecule has 1 saturated heterocycles. The van der Waals surface area contributed by atoms with Gasteiger partial charge in [0, 0.05) is 31.7 Å². The molecule has 1 aliphatic heterocycles. The fourth-order valence-electron chi connectivity index (χ4n) is 2.96. The molecule has 3 aromatic rings. The van der Waals surface area contributed by atoms with E-state index in [0.717, 1.165) is 0 Å². The van der Waals surface area contributed by atoms with Crippen LogP contribution in [-0.4, -0.2) is 68.0 Å². The van der Waals surface area contributed by atoms with Gasteiger partial charge < -0.3 is 9.80 Å². The number of hydrogen-bond donors (Lipinski definition) is 0. The summed E-state index contributed by atoms with van der Waals surface area (Å²) in [5.41, 5.74) is 0.626. The number of hydrogen-bond acceptors (Lipinski definition) is 6. The van der Waals surface area contributed by atoms with E-state index < -0.39 is 0 Å². The molecule has 0 spiro atoms. The number of carbonyl (C=O) groups is 2. The molecule has 0 radical (unpaired) electrons. The van der Waals surface area contributed by atoms with E-state index >= 15 is 0 Å². The molecule has 0 bridgehead atoms. The number of carbonyl (C=O) groups excluding carboxylic acids is 2. The molecule has 2 amide bonds. The Morgan fingerprint density at radius 2 is 1.75 bits per heavy atom. The molecular formula is C18H17FN6O2S. The van der Waals surface area contributed by atoms with Crippen molar-refractivity contribution in [3.63, 3.8) is 0 Å². The number of thiophene rings is 1. The fraction of sp³-hybridized carbons (Fsp3) is 0.278. The Morgan fingerprint density at radius 1 is 1.04 bits per heavy atom. The van der Waals surface area contributed by atoms with Crippen molar-refractivity contribution in [3.05, 3.63) is 52.5 Å². The Labute approximate surface area is 164 Å². The third-order valence-corrected chi connectivity index (χ3v) is 5.34. The normalized spacial score (nSPS) is 14.3. The van der Waals surface area contributed by atoms with Gasteiger partial charge in [0.25, 0.3) is 5.91 Å². The van der Waals surface area contributed by atoms with Crippen molar-refractivity contribution in [1.29, 1.82) is 0 Å². The maximum atomic E-state index is 13.0. The third kappa shape index (κ3) is 3.91. The van der Waals surface area contributed by atoms with Crippen LogP contribution >= 0.6 is 11.3 Å². The molecule has 1 aliphatic rings. The lowest BCUT2D eigenvalue weighted by Crippen LogP contribution is -2.51. The van der Waals surface area contributed by atoms with Gasteiger partial charge in [0.05, 0.1) is 4.88 Å². The Kier molecular flexibility index (Phi) is 5.11. The zero-order chi connectivity index (χ0) is 19.5. The Bertz CT molecular complexity index is 964. The number of amides is 2. The molecule has 0 atom stereocenters. The lowest BCUT2D eigenvalue weighted by Gasteiger charge is -2.34. The summed E-state index contributed by atoms with van der Waals surface area (Å²) in [7, 11) is 0. The maximum Gasteiger partial charge on any atom is 0.264 e. The average molecular weight is 400 g/mol. The second-order valence-electron chi connectivity index (χ2n) is 6.30. The smallest absolute Gasteiger partial charge is 0.264 e. The van der Waals surface area contributed by atoms with Gasteiger partial charge in [-0.1, -0.05) is 6.07 Å². The zero-order valence-corrected chi connectivity index (χ0v) is 15.7. The Hall–Kier alpha value is -3.14. The second-order valence-corrected chi connectivity index (χ2v) is 7.25. The van der Waals surface area contributed by atoms with E-state index in [1.807, 2.05) is 11.4 Å². The van der Waals surface area contributed by atoms with Crippen LogP contribution in [0.1, 0.15) is 9.67 Å². The van der Waals surface area contributed by atoms with E-state index in [2.05, 4.69) is 15.4 Å². The van der Waals surface area contributed by atoms with Crippen LogP contribution in [0, 0.1) is 5.82 Å². The first kappa shape index (κ1) is 18.2. The van der Waals surface area contributed by atoms with Gasteiger partial charge in [-0.25, -0.2) is 4.39 Å². The molecule has 8 nitrogen and oxygen atoms in total. The SMILES string of the molecule is O=C(Cn1nnc(-c2ccc(F)cc2)n1)N1CCN(C(=O)c2cccs2)CC1. The summed E-state index contributed by atoms with van der Waals surface area (Å²) in [4.78, 5) is 30.3. The molecule has 1 aromatic carbocycles. The second kappa shape index (κ2) is 7.85. The lowest BCUT2D eigenvalue weighted by molar-refractivity contribution is -0.133. The van der Waals surface area contributed by atoms with Gasteiger partial charge in [0.2, 0.25) is 11.7 Å². The first-order chi connectivity index (χ1) is 13.6. The molecule has 1 fully saturated rings. The molecule has 144 valence electrons. The van der Waals surface area contributed by atoms with Crippen LogP contribution in [0.4, 0.5) is 4.39 Å². The van der Waals surface area contributed by atoms with Gasteiger partial charge >= 0.3 is 0 Å². The molecule has 2 aromatic heterocycles. The van der Waals surface area contributed by atoms with Crippen molar-refractivity contribution in [2.75, 3.05) is 26.2 Å². The number of nitrogens with zero attached hydrogens (tertiary/aromatic N) is 6. The lowest BCUT2D eigenvalue weighted by atomic mass is 10.2. The average Bonchev–Trinajstić information content (AvgIpc) is 3.40. The summed E-state index contributed by atoms with van der Waals surface area (Å²) in [5.74, 6) is -0.141. The summed E-state index contributed by atoms with van der Waals surface area (Å²) >= 11 is 1.42. The maximum absolute atomic E-state index is 13.0. The highest BCUT2D eigenvalue weighted by Gasteiger charge is 2.25. The molecule has 0 aliphatic carbocycles. The minimum atomic E-state index is -0.344. The summed E-state index contributed by atoms with van der Waals surface area (Å²) < 4.78 is 13.0. The molecule has 4 rings (SSSR count). The Morgan fingerprint density at radius 3 is 2.43 bits per heavy atom. The van der Waals surface area contributed by atoms with Gasteiger partial charge in [-0.2, -0.15) is 4.80 Å². The van der Waals surface area contributed by atoms with Crippen LogP contribution in [0.15, 0.2) is 41.8 Å². The molecule has 0 saturated carbocycles. The first-order valence-electron chi connectivity index (χ1n) is 8.74. The largest absolute Gasteiger partial charge is 0.337 e. The predicted octanol–water partition coefficient (Wildman–Crippen LogP) is 1.53. The van der Waals surface area contributed by atoms with Crippen LogP contribution in [0.5, 0.6) is 0 Å². The fourth-order valence-corrected chi connectivity index (χ4v) is 3.65. The standard InChI is InChI=1S/C18H17FN6O2S/c19-14-5-3-13(4-6-14)17-20-22-25(21-17)12-16(26)23-7-9-24(10-8-23)18(27)15-2-1-11-28-15/h1-6,11H,7-10,12H2. The monoisotopic (exact) mass is 400 g/mol. The van der Waals surface area contributed by atoms with Gasteiger partial charge in [-0.15, -0.1) is 21.5 Å². The third-order valence-electron chi connectivity index (χ3n) is 4.48. The van der Waals surface area contributed by atoms with E-state index in [0.29, 0.717) is 42.4 Å². The predicted molar refractivity (Wildman–Crippen MR) is 100 cm³/mol. The van der Waals surface area contributed by atoms with Gasteiger partial charge in [0.1, 0.15) is 12.4 Å². The quantitative estimate of drug-likeness (QED) is 0.663. The van der Waals surface area contributed by atoms with Gasteiger partial charge in [-0.3, -0.25) is 9.59 Å². The van der Waals surface area contributed by atoms with Gasteiger partial charge in [-0.05, 0) is 40.9 Å². The highest BCUT2D eigenvalue weighted by Crippen LogP contribution is 2.15. The molecule has 0 unspecified atom stereocenters. The van der Waals surface area contributed by atoms with E-state index in [4.69, 9.17) is 0 Å². The summed E-state index contributed by atoms with van der Waals surface area (Å²) in [6.45, 7) is 1.89. The number of piperazine rings is 1. The molecule has 3 heterocycles. The van der Waals surface area contributed by atoms with E-state index in [-0.39, 0.29) is 24.2 Å². The van der Waals surface area contributed by atoms with Crippen LogP contribution in [0.3, 0.4) is 0 Å². The minimum Gasteiger partial charge on any atom is -0.337 e. The highest BCUT2D eigenvalue weighted by atomic mass is 32.1. The molecule has 28 heavy (non-hydrogen) atoms. The number of benzene rings is 1. The number of aromatic nitrogens is 4. The van der Waals surface area contributed by atoms with Crippen molar-refractivity contribution in [1.82, 2.24) is 30.0 Å². The van der Waals surface area contributed by atoms with Crippen LogP contribution in [0.25, 0.3) is 11.4 Å². The van der Waals surface area contributed by atoms with Gasteiger partial charge in [0.15, 0.2) is 0 Å². The number of rotatable bonds is 4. The van der Waals surface area contributed by atoms with Crippen LogP contribution in [0.2, 0.25) is 0 Å². The summed E-state index contributed by atoms with van der Waals surface area (Å²) in [6.07, 6.45) is 0. The topological polar surface area (TPSA) is 84.2 Å². The van der Waals surface area contributed by atoms with Crippen LogP contribution in [-0.2, 0) is 11.3 Å². The molecule has 10 heteroatoms. The van der Waals surface area contributed by atoms with E-state index in [9.17, 15) is 14.0 Å². The Balaban J connectivity index is 1.32. The van der Waals surface area contributed by atoms with Crippen molar-refractivity contribution in [2.24, 2.45) is 0 Å². The van der Waals surface area contributed by atoms with Crippen molar-refractivity contribution < 1.29 is 14.0 Å². The van der Waals surface area contributed by atoms with Crippen molar-refractivity contribution in [3.8, 4) is 11.4 Å². The molecular weight excluding hydrogens is 383 g/mol. The number of tetrazole rings is 1. The van der Waals surface area contributed by atoms with E-state index in [1.165, 1.54) is 28.3 Å². The van der Waals surface area contributed by atoms with Crippen molar-refractivity contribution >= 4 is 23.2 Å². The highest BCUT2D eigenvalue weighted by molar-refractivity contribution is 7.12.